The molecule has 0 aromatic carbocycles. The van der Waals surface area contributed by atoms with Crippen LogP contribution in [-0.2, 0) is 11.4 Å². The fourth-order valence-corrected chi connectivity index (χ4v) is 7.71. The molecule has 0 nitrogen and oxygen atoms in total. The highest BCUT2D eigenvalue weighted by Crippen LogP contribution is 2.46. The predicted molar refractivity (Wildman–Crippen MR) is 100 cm³/mol. The Hall–Kier alpha value is 0.370. The van der Waals surface area contributed by atoms with Crippen molar-refractivity contribution < 1.29 is 4.39 Å². The van der Waals surface area contributed by atoms with E-state index in [2.05, 4.69) is 6.92 Å². The van der Waals surface area contributed by atoms with Crippen LogP contribution < -0.4 is 0 Å². The molecule has 3 aliphatic rings. The second-order valence-electron chi connectivity index (χ2n) is 7.71. The van der Waals surface area contributed by atoms with Crippen molar-refractivity contribution in [3.8, 4) is 0 Å². The highest BCUT2D eigenvalue weighted by molar-refractivity contribution is 8.23. The van der Waals surface area contributed by atoms with Crippen LogP contribution in [0.4, 0.5) is 4.39 Å². The van der Waals surface area contributed by atoms with Crippen LogP contribution in [0.15, 0.2) is 0 Å². The molecule has 0 bridgehead atoms. The SMILES string of the molecule is CCCC1CCC(C2CCC(F)(C3=[S+]CCCS3)CC2)CC1. The molecule has 3 heteroatoms. The van der Waals surface area contributed by atoms with E-state index in [1.54, 1.807) is 0 Å². The van der Waals surface area contributed by atoms with Crippen LogP contribution in [0.25, 0.3) is 0 Å². The van der Waals surface area contributed by atoms with Gasteiger partial charge in [0, 0.05) is 12.2 Å². The number of hydrogen-bond donors (Lipinski definition) is 0. The summed E-state index contributed by atoms with van der Waals surface area (Å²) in [5, 5.41) is 0. The Balaban J connectivity index is 1.48. The Morgan fingerprint density at radius 1 is 1.09 bits per heavy atom. The average molecular weight is 344 g/mol. The van der Waals surface area contributed by atoms with E-state index in [1.807, 2.05) is 23.1 Å². The second-order valence-corrected chi connectivity index (χ2v) is 10.2. The Morgan fingerprint density at radius 2 is 1.77 bits per heavy atom. The third-order valence-electron chi connectivity index (χ3n) is 6.20. The molecule has 0 aromatic heterocycles. The quantitative estimate of drug-likeness (QED) is 0.456. The highest BCUT2D eigenvalue weighted by Gasteiger charge is 2.47. The van der Waals surface area contributed by atoms with E-state index in [-0.39, 0.29) is 0 Å². The third kappa shape index (κ3) is 4.06. The monoisotopic (exact) mass is 343 g/mol. The molecule has 2 fully saturated rings. The van der Waals surface area contributed by atoms with Gasteiger partial charge in [-0.2, -0.15) is 0 Å². The highest BCUT2D eigenvalue weighted by atomic mass is 32.2. The van der Waals surface area contributed by atoms with Crippen molar-refractivity contribution in [2.24, 2.45) is 17.8 Å². The van der Waals surface area contributed by atoms with Gasteiger partial charge >= 0.3 is 0 Å². The molecule has 0 N–H and O–H groups in total. The molecule has 22 heavy (non-hydrogen) atoms. The summed E-state index contributed by atoms with van der Waals surface area (Å²) in [4.78, 5) is 0. The molecular weight excluding hydrogens is 311 g/mol. The minimum atomic E-state index is -0.939. The number of halogens is 1. The first-order valence-corrected chi connectivity index (χ1v) is 11.5. The van der Waals surface area contributed by atoms with E-state index < -0.39 is 5.67 Å². The predicted octanol–water partition coefficient (Wildman–Crippen LogP) is 5.84. The van der Waals surface area contributed by atoms with Crippen molar-refractivity contribution in [3.05, 3.63) is 0 Å². The molecule has 2 aliphatic carbocycles. The topological polar surface area (TPSA) is 0 Å². The van der Waals surface area contributed by atoms with Crippen molar-refractivity contribution in [2.75, 3.05) is 11.5 Å². The van der Waals surface area contributed by atoms with Crippen LogP contribution in [0.3, 0.4) is 0 Å². The summed E-state index contributed by atoms with van der Waals surface area (Å²) < 4.78 is 16.4. The molecule has 0 saturated heterocycles. The summed E-state index contributed by atoms with van der Waals surface area (Å²) in [6, 6.07) is 0. The molecule has 0 unspecified atom stereocenters. The number of thioether (sulfide) groups is 1. The maximum atomic E-state index is 15.3. The molecule has 1 aliphatic heterocycles. The maximum absolute atomic E-state index is 15.3. The first-order chi connectivity index (χ1) is 10.7. The molecule has 126 valence electrons. The van der Waals surface area contributed by atoms with E-state index in [4.69, 9.17) is 0 Å². The molecule has 0 radical (unpaired) electrons. The number of rotatable bonds is 4. The van der Waals surface area contributed by atoms with Crippen molar-refractivity contribution in [1.29, 1.82) is 0 Å². The summed E-state index contributed by atoms with van der Waals surface area (Å²) in [5.74, 6) is 5.01. The van der Waals surface area contributed by atoms with Gasteiger partial charge in [-0.15, -0.1) is 0 Å². The minimum absolute atomic E-state index is 0.807. The summed E-state index contributed by atoms with van der Waals surface area (Å²) in [5.41, 5.74) is -0.939. The van der Waals surface area contributed by atoms with Gasteiger partial charge in [0.05, 0.1) is 0 Å². The van der Waals surface area contributed by atoms with Crippen LogP contribution in [0.5, 0.6) is 0 Å². The molecular formula is C19H32FS2+. The van der Waals surface area contributed by atoms with Gasteiger partial charge in [0.25, 0.3) is 4.20 Å². The lowest BCUT2D eigenvalue weighted by molar-refractivity contribution is 0.102. The van der Waals surface area contributed by atoms with Gasteiger partial charge in [-0.1, -0.05) is 44.4 Å². The summed E-state index contributed by atoms with van der Waals surface area (Å²) in [7, 11) is 0. The molecule has 2 saturated carbocycles. The fraction of sp³-hybridized carbons (Fsp3) is 0.947. The van der Waals surface area contributed by atoms with Gasteiger partial charge in [-0.3, -0.25) is 0 Å². The largest absolute Gasteiger partial charge is 0.271 e. The molecule has 3 rings (SSSR count). The van der Waals surface area contributed by atoms with Crippen LogP contribution in [0, 0.1) is 17.8 Å². The van der Waals surface area contributed by atoms with Gasteiger partial charge in [0.15, 0.2) is 22.8 Å². The Kier molecular flexibility index (Phi) is 6.23. The van der Waals surface area contributed by atoms with Gasteiger partial charge in [0.2, 0.25) is 0 Å². The van der Waals surface area contributed by atoms with Gasteiger partial charge in [-0.05, 0) is 56.3 Å². The van der Waals surface area contributed by atoms with E-state index >= 15 is 4.39 Å². The summed E-state index contributed by atoms with van der Waals surface area (Å²) >= 11 is 3.63. The zero-order valence-corrected chi connectivity index (χ0v) is 15.8. The smallest absolute Gasteiger partial charge is 0.232 e. The summed E-state index contributed by atoms with van der Waals surface area (Å²) in [6.45, 7) is 2.31. The van der Waals surface area contributed by atoms with Crippen molar-refractivity contribution in [1.82, 2.24) is 0 Å². The molecule has 1 heterocycles. The first-order valence-electron chi connectivity index (χ1n) is 9.53. The van der Waals surface area contributed by atoms with Gasteiger partial charge < -0.3 is 0 Å². The minimum Gasteiger partial charge on any atom is -0.232 e. The standard InChI is InChI=1S/C19H32FS2/c1-2-4-15-5-7-16(8-6-15)17-9-11-19(20,12-10-17)18-21-13-3-14-22-18/h15-17H,2-14H2,1H3/q+1. The zero-order chi connectivity index (χ0) is 15.4. The molecule has 0 spiro atoms. The Morgan fingerprint density at radius 3 is 2.36 bits per heavy atom. The Labute approximate surface area is 144 Å². The average Bonchev–Trinajstić information content (AvgIpc) is 2.58. The Bertz CT molecular complexity index is 377. The van der Waals surface area contributed by atoms with E-state index in [9.17, 15) is 0 Å². The molecule has 0 amide bonds. The molecule has 0 atom stereocenters. The van der Waals surface area contributed by atoms with Crippen LogP contribution in [0.2, 0.25) is 0 Å². The first kappa shape index (κ1) is 17.2. The lowest BCUT2D eigenvalue weighted by atomic mass is 9.68. The van der Waals surface area contributed by atoms with E-state index in [1.165, 1.54) is 44.9 Å². The van der Waals surface area contributed by atoms with E-state index in [0.717, 1.165) is 59.1 Å². The fourth-order valence-electron chi connectivity index (χ4n) is 4.82. The molecule has 0 aromatic rings. The van der Waals surface area contributed by atoms with Gasteiger partial charge in [-0.25, -0.2) is 4.39 Å². The van der Waals surface area contributed by atoms with E-state index in [0.29, 0.717) is 0 Å². The number of alkyl halides is 1. The number of hydrogen-bond acceptors (Lipinski definition) is 1. The maximum Gasteiger partial charge on any atom is 0.271 e. The lowest BCUT2D eigenvalue weighted by Gasteiger charge is -2.39. The normalized spacial score (nSPS) is 40.3. The van der Waals surface area contributed by atoms with Crippen LogP contribution >= 0.6 is 11.8 Å². The van der Waals surface area contributed by atoms with Crippen LogP contribution in [-0.4, -0.2) is 21.4 Å². The van der Waals surface area contributed by atoms with Crippen molar-refractivity contribution in [3.63, 3.8) is 0 Å². The van der Waals surface area contributed by atoms with Crippen molar-refractivity contribution in [2.45, 2.75) is 83.2 Å². The zero-order valence-electron chi connectivity index (χ0n) is 14.1. The third-order valence-corrected chi connectivity index (χ3v) is 9.15. The second kappa shape index (κ2) is 7.96. The lowest BCUT2D eigenvalue weighted by Crippen LogP contribution is -2.40. The van der Waals surface area contributed by atoms with Crippen molar-refractivity contribution >= 4 is 27.3 Å². The van der Waals surface area contributed by atoms with Crippen LogP contribution in [0.1, 0.15) is 77.6 Å². The van der Waals surface area contributed by atoms with Gasteiger partial charge in [0.1, 0.15) is 0 Å². The summed E-state index contributed by atoms with van der Waals surface area (Å²) in [6.07, 6.45) is 13.7.